The lowest BCUT2D eigenvalue weighted by Gasteiger charge is -2.10. The molecule has 0 fully saturated rings. The molecule has 0 aliphatic carbocycles. The fourth-order valence-corrected chi connectivity index (χ4v) is 3.65. The lowest BCUT2D eigenvalue weighted by Crippen LogP contribution is -2.28. The van der Waals surface area contributed by atoms with Crippen molar-refractivity contribution in [2.24, 2.45) is 0 Å². The third-order valence-electron chi connectivity index (χ3n) is 3.73. The third-order valence-corrected chi connectivity index (χ3v) is 5.18. The molecule has 2 aromatic rings. The average Bonchev–Trinajstić information content (AvgIpc) is 2.96. The summed E-state index contributed by atoms with van der Waals surface area (Å²) in [6.07, 6.45) is 0. The van der Waals surface area contributed by atoms with Crippen molar-refractivity contribution >= 4 is 27.3 Å². The molecule has 0 spiro atoms. The van der Waals surface area contributed by atoms with Gasteiger partial charge in [-0.2, -0.15) is 0 Å². The summed E-state index contributed by atoms with van der Waals surface area (Å²) in [5.41, 5.74) is 2.85. The maximum atomic E-state index is 12.0. The summed E-state index contributed by atoms with van der Waals surface area (Å²) in [6, 6.07) is 16.1. The van der Waals surface area contributed by atoms with E-state index in [9.17, 15) is 13.2 Å². The van der Waals surface area contributed by atoms with Gasteiger partial charge in [0.15, 0.2) is 5.76 Å². The molecule has 0 aromatic heterocycles. The molecular formula is C18H18N2O4S. The zero-order valence-electron chi connectivity index (χ0n) is 13.9. The Kier molecular flexibility index (Phi) is 4.61. The molecule has 7 heteroatoms. The molecule has 3 rings (SSSR count). The summed E-state index contributed by atoms with van der Waals surface area (Å²) in [7, 11) is -2.00. The zero-order valence-corrected chi connectivity index (χ0v) is 14.7. The van der Waals surface area contributed by atoms with Crippen LogP contribution in [0.2, 0.25) is 0 Å². The fourth-order valence-electron chi connectivity index (χ4n) is 2.66. The molecule has 25 heavy (non-hydrogen) atoms. The molecule has 130 valence electrons. The third kappa shape index (κ3) is 3.72. The molecule has 1 amide bonds. The van der Waals surface area contributed by atoms with Crippen LogP contribution >= 0.6 is 0 Å². The first-order valence-corrected chi connectivity index (χ1v) is 9.16. The van der Waals surface area contributed by atoms with Gasteiger partial charge in [0.1, 0.15) is 0 Å². The molecule has 1 aliphatic rings. The molecule has 0 saturated carbocycles. The molecule has 0 radical (unpaired) electrons. The Morgan fingerprint density at radius 3 is 2.28 bits per heavy atom. The number of carbonyl (C=O) groups is 1. The van der Waals surface area contributed by atoms with Crippen molar-refractivity contribution in [3.05, 3.63) is 65.7 Å². The predicted octanol–water partition coefficient (Wildman–Crippen LogP) is 2.26. The zero-order chi connectivity index (χ0) is 18.0. The monoisotopic (exact) mass is 358 g/mol. The fraction of sp³-hybridized carbons (Fsp3) is 0.167. The largest absolute Gasteiger partial charge is 0.405 e. The van der Waals surface area contributed by atoms with Gasteiger partial charge in [0.2, 0.25) is 5.91 Å². The minimum Gasteiger partial charge on any atom is -0.405 e. The highest BCUT2D eigenvalue weighted by Gasteiger charge is 2.24. The number of carbonyl (C=O) groups excluding carboxylic acids is 1. The second-order valence-corrected chi connectivity index (χ2v) is 7.42. The highest BCUT2D eigenvalue weighted by molar-refractivity contribution is 7.90. The van der Waals surface area contributed by atoms with Gasteiger partial charge in [-0.25, -0.2) is 13.1 Å². The number of likely N-dealkylation sites (N-methyl/N-ethyl adjacent to an activating group) is 1. The van der Waals surface area contributed by atoms with Crippen LogP contribution in [0.4, 0.5) is 0 Å². The number of rotatable bonds is 4. The molecule has 0 bridgehead atoms. The van der Waals surface area contributed by atoms with Crippen LogP contribution in [0.3, 0.4) is 0 Å². The summed E-state index contributed by atoms with van der Waals surface area (Å²) in [5.74, 6) is 0.0658. The van der Waals surface area contributed by atoms with Gasteiger partial charge in [-0.1, -0.05) is 30.3 Å². The van der Waals surface area contributed by atoms with Crippen molar-refractivity contribution in [1.29, 1.82) is 0 Å². The van der Waals surface area contributed by atoms with E-state index in [2.05, 4.69) is 0 Å². The van der Waals surface area contributed by atoms with Gasteiger partial charge < -0.3 is 4.84 Å². The van der Waals surface area contributed by atoms with Crippen LogP contribution in [0.1, 0.15) is 18.1 Å². The van der Waals surface area contributed by atoms with Crippen molar-refractivity contribution in [2.75, 3.05) is 13.6 Å². The van der Waals surface area contributed by atoms with E-state index >= 15 is 0 Å². The van der Waals surface area contributed by atoms with E-state index in [1.54, 1.807) is 17.2 Å². The van der Waals surface area contributed by atoms with E-state index in [0.29, 0.717) is 12.3 Å². The smallest absolute Gasteiger partial charge is 0.264 e. The maximum absolute atomic E-state index is 12.0. The topological polar surface area (TPSA) is 75.7 Å². The molecule has 1 aliphatic heterocycles. The van der Waals surface area contributed by atoms with E-state index < -0.39 is 15.9 Å². The van der Waals surface area contributed by atoms with Gasteiger partial charge in [-0.3, -0.25) is 4.79 Å². The molecule has 1 N–H and O–H groups in total. The van der Waals surface area contributed by atoms with Crippen LogP contribution < -0.4 is 4.72 Å². The second-order valence-electron chi connectivity index (χ2n) is 5.74. The number of amides is 1. The van der Waals surface area contributed by atoms with E-state index in [1.165, 1.54) is 12.1 Å². The van der Waals surface area contributed by atoms with Crippen LogP contribution in [-0.2, 0) is 19.7 Å². The predicted molar refractivity (Wildman–Crippen MR) is 94.4 cm³/mol. The lowest BCUT2D eigenvalue weighted by atomic mass is 10.0. The Morgan fingerprint density at radius 1 is 1.04 bits per heavy atom. The molecule has 1 heterocycles. The number of nitrogens with one attached hydrogen (secondary N) is 1. The summed E-state index contributed by atoms with van der Waals surface area (Å²) in [5, 5.41) is 1.72. The van der Waals surface area contributed by atoms with Crippen molar-refractivity contribution < 1.29 is 18.0 Å². The Morgan fingerprint density at radius 2 is 1.68 bits per heavy atom. The van der Waals surface area contributed by atoms with E-state index in [0.717, 1.165) is 23.6 Å². The summed E-state index contributed by atoms with van der Waals surface area (Å²) in [6.45, 7) is 1.79. The Balaban J connectivity index is 1.97. The maximum Gasteiger partial charge on any atom is 0.264 e. The van der Waals surface area contributed by atoms with E-state index in [4.69, 9.17) is 4.84 Å². The number of benzene rings is 2. The molecule has 0 saturated heterocycles. The quantitative estimate of drug-likeness (QED) is 0.907. The highest BCUT2D eigenvalue weighted by atomic mass is 32.2. The first-order valence-electron chi connectivity index (χ1n) is 7.68. The summed E-state index contributed by atoms with van der Waals surface area (Å²) < 4.78 is 26.0. The Hall–Kier alpha value is -2.64. The Labute approximate surface area is 146 Å². The number of hydrogen-bond donors (Lipinski definition) is 1. The standard InChI is InChI=1S/C18H18N2O4S/c1-13(21)19-25(22,23)16-10-8-15(9-11-16)18-17(12-20(2)24-18)14-6-4-3-5-7-14/h3-11H,12H2,1-2H3,(H,19,21). The van der Waals surface area contributed by atoms with Crippen LogP contribution in [0.15, 0.2) is 59.5 Å². The van der Waals surface area contributed by atoms with Crippen LogP contribution in [0.5, 0.6) is 0 Å². The normalized spacial score (nSPS) is 15.1. The van der Waals surface area contributed by atoms with Crippen LogP contribution in [0.25, 0.3) is 11.3 Å². The first-order chi connectivity index (χ1) is 11.9. The van der Waals surface area contributed by atoms with E-state index in [-0.39, 0.29) is 4.90 Å². The average molecular weight is 358 g/mol. The van der Waals surface area contributed by atoms with Gasteiger partial charge in [0, 0.05) is 25.1 Å². The minimum atomic E-state index is -3.84. The number of hydrogen-bond acceptors (Lipinski definition) is 5. The first kappa shape index (κ1) is 17.2. The van der Waals surface area contributed by atoms with Crippen molar-refractivity contribution in [1.82, 2.24) is 9.79 Å². The van der Waals surface area contributed by atoms with Crippen molar-refractivity contribution in [2.45, 2.75) is 11.8 Å². The van der Waals surface area contributed by atoms with Gasteiger partial charge in [-0.05, 0) is 29.8 Å². The minimum absolute atomic E-state index is 0.0275. The van der Waals surface area contributed by atoms with Gasteiger partial charge in [0.05, 0.1) is 11.4 Å². The van der Waals surface area contributed by atoms with Crippen LogP contribution in [-0.4, -0.2) is 33.0 Å². The highest BCUT2D eigenvalue weighted by Crippen LogP contribution is 2.34. The Bertz CT molecular complexity index is 919. The van der Waals surface area contributed by atoms with Gasteiger partial charge in [0.25, 0.3) is 10.0 Å². The molecule has 0 unspecified atom stereocenters. The lowest BCUT2D eigenvalue weighted by molar-refractivity contribution is -0.117. The van der Waals surface area contributed by atoms with Crippen molar-refractivity contribution in [3.8, 4) is 0 Å². The number of sulfonamides is 1. The van der Waals surface area contributed by atoms with E-state index in [1.807, 2.05) is 42.1 Å². The summed E-state index contributed by atoms with van der Waals surface area (Å²) >= 11 is 0. The number of nitrogens with zero attached hydrogens (tertiary/aromatic N) is 1. The molecule has 2 aromatic carbocycles. The summed E-state index contributed by atoms with van der Waals surface area (Å²) in [4.78, 5) is 16.8. The second kappa shape index (κ2) is 6.70. The van der Waals surface area contributed by atoms with Gasteiger partial charge in [-0.15, -0.1) is 5.06 Å². The van der Waals surface area contributed by atoms with Gasteiger partial charge >= 0.3 is 0 Å². The van der Waals surface area contributed by atoms with Crippen molar-refractivity contribution in [3.63, 3.8) is 0 Å². The SMILES string of the molecule is CC(=O)NS(=O)(=O)c1ccc(C2=C(c3ccccc3)CN(C)O2)cc1. The van der Waals surface area contributed by atoms with Crippen LogP contribution in [0, 0.1) is 0 Å². The molecular weight excluding hydrogens is 340 g/mol. The molecule has 6 nitrogen and oxygen atoms in total. The number of hydroxylamine groups is 2. The molecule has 0 atom stereocenters.